The van der Waals surface area contributed by atoms with Gasteiger partial charge in [-0.15, -0.1) is 0 Å². The van der Waals surface area contributed by atoms with Crippen molar-refractivity contribution in [1.82, 2.24) is 5.32 Å². The van der Waals surface area contributed by atoms with Gasteiger partial charge in [-0.3, -0.25) is 5.32 Å². The standard InChI is InChI=1S/C16H16N2O2/c17-12-16(18-9-10-19)13-5-4-8-15(11-13)20-14-6-2-1-3-7-14/h1-8,11,16,18-19H,9-10H2. The first kappa shape index (κ1) is 14.1. The van der Waals surface area contributed by atoms with Gasteiger partial charge in [-0.2, -0.15) is 5.26 Å². The third-order valence-corrected chi connectivity index (χ3v) is 2.76. The fourth-order valence-corrected chi connectivity index (χ4v) is 1.83. The molecule has 1 unspecified atom stereocenters. The van der Waals surface area contributed by atoms with Crippen molar-refractivity contribution in [2.75, 3.05) is 13.2 Å². The van der Waals surface area contributed by atoms with Crippen molar-refractivity contribution in [3.63, 3.8) is 0 Å². The number of nitrogens with one attached hydrogen (secondary N) is 1. The number of hydrogen-bond acceptors (Lipinski definition) is 4. The summed E-state index contributed by atoms with van der Waals surface area (Å²) in [7, 11) is 0. The average Bonchev–Trinajstić information content (AvgIpc) is 2.49. The van der Waals surface area contributed by atoms with Gasteiger partial charge in [-0.25, -0.2) is 0 Å². The maximum absolute atomic E-state index is 9.15. The molecule has 0 heterocycles. The highest BCUT2D eigenvalue weighted by Crippen LogP contribution is 2.24. The van der Waals surface area contributed by atoms with Gasteiger partial charge in [0.15, 0.2) is 0 Å². The monoisotopic (exact) mass is 268 g/mol. The van der Waals surface area contributed by atoms with Crippen molar-refractivity contribution < 1.29 is 9.84 Å². The van der Waals surface area contributed by atoms with Gasteiger partial charge in [0.2, 0.25) is 0 Å². The molecule has 0 spiro atoms. The third-order valence-electron chi connectivity index (χ3n) is 2.76. The Morgan fingerprint density at radius 1 is 1.10 bits per heavy atom. The number of aliphatic hydroxyl groups excluding tert-OH is 1. The molecule has 2 aromatic rings. The maximum atomic E-state index is 9.15. The van der Waals surface area contributed by atoms with Crippen LogP contribution in [-0.4, -0.2) is 18.3 Å². The van der Waals surface area contributed by atoms with E-state index in [1.165, 1.54) is 0 Å². The lowest BCUT2D eigenvalue weighted by Gasteiger charge is -2.12. The van der Waals surface area contributed by atoms with Crippen LogP contribution in [0.3, 0.4) is 0 Å². The van der Waals surface area contributed by atoms with E-state index in [1.807, 2.05) is 54.6 Å². The van der Waals surface area contributed by atoms with E-state index < -0.39 is 6.04 Å². The number of nitrogens with zero attached hydrogens (tertiary/aromatic N) is 1. The van der Waals surface area contributed by atoms with Gasteiger partial charge in [0.25, 0.3) is 0 Å². The minimum absolute atomic E-state index is 0.00160. The summed E-state index contributed by atoms with van der Waals surface area (Å²) in [5, 5.41) is 20.9. The molecule has 0 radical (unpaired) electrons. The summed E-state index contributed by atoms with van der Waals surface area (Å²) < 4.78 is 5.73. The molecule has 0 saturated heterocycles. The molecular formula is C16H16N2O2. The summed E-state index contributed by atoms with van der Waals surface area (Å²) >= 11 is 0. The molecule has 0 aliphatic rings. The summed E-state index contributed by atoms with van der Waals surface area (Å²) in [6.45, 7) is 0.375. The predicted octanol–water partition coefficient (Wildman–Crippen LogP) is 2.63. The van der Waals surface area contributed by atoms with Crippen LogP contribution in [0.15, 0.2) is 54.6 Å². The lowest BCUT2D eigenvalue weighted by Crippen LogP contribution is -2.23. The molecule has 4 nitrogen and oxygen atoms in total. The van der Waals surface area contributed by atoms with E-state index in [0.717, 1.165) is 11.3 Å². The van der Waals surface area contributed by atoms with E-state index in [2.05, 4.69) is 11.4 Å². The van der Waals surface area contributed by atoms with Crippen LogP contribution in [0, 0.1) is 11.3 Å². The van der Waals surface area contributed by atoms with Gasteiger partial charge in [-0.1, -0.05) is 30.3 Å². The van der Waals surface area contributed by atoms with Crippen LogP contribution in [-0.2, 0) is 0 Å². The van der Waals surface area contributed by atoms with E-state index in [9.17, 15) is 0 Å². The number of rotatable bonds is 6. The minimum Gasteiger partial charge on any atom is -0.457 e. The molecule has 2 rings (SSSR count). The molecular weight excluding hydrogens is 252 g/mol. The number of benzene rings is 2. The largest absolute Gasteiger partial charge is 0.457 e. The topological polar surface area (TPSA) is 65.3 Å². The quantitative estimate of drug-likeness (QED) is 0.845. The zero-order valence-corrected chi connectivity index (χ0v) is 11.0. The smallest absolute Gasteiger partial charge is 0.127 e. The van der Waals surface area contributed by atoms with Gasteiger partial charge < -0.3 is 9.84 Å². The van der Waals surface area contributed by atoms with Gasteiger partial charge >= 0.3 is 0 Å². The first-order valence-corrected chi connectivity index (χ1v) is 6.40. The number of nitriles is 1. The summed E-state index contributed by atoms with van der Waals surface area (Å²) in [6, 6.07) is 18.6. The fraction of sp³-hybridized carbons (Fsp3) is 0.188. The molecule has 0 amide bonds. The second-order valence-corrected chi connectivity index (χ2v) is 4.23. The van der Waals surface area contributed by atoms with Crippen LogP contribution >= 0.6 is 0 Å². The molecule has 1 atom stereocenters. The SMILES string of the molecule is N#CC(NCCO)c1cccc(Oc2ccccc2)c1. The van der Waals surface area contributed by atoms with Crippen LogP contribution in [0.2, 0.25) is 0 Å². The third kappa shape index (κ3) is 3.82. The molecule has 2 aromatic carbocycles. The molecule has 0 fully saturated rings. The highest BCUT2D eigenvalue weighted by molar-refractivity contribution is 5.36. The molecule has 2 N–H and O–H groups in total. The van der Waals surface area contributed by atoms with E-state index in [1.54, 1.807) is 0 Å². The molecule has 0 aromatic heterocycles. The van der Waals surface area contributed by atoms with Gasteiger partial charge in [0.1, 0.15) is 17.5 Å². The highest BCUT2D eigenvalue weighted by atomic mass is 16.5. The molecule has 102 valence electrons. The normalized spacial score (nSPS) is 11.6. The first-order valence-electron chi connectivity index (χ1n) is 6.40. The van der Waals surface area contributed by atoms with Crippen molar-refractivity contribution in [2.45, 2.75) is 6.04 Å². The Bertz CT molecular complexity index is 579. The van der Waals surface area contributed by atoms with E-state index >= 15 is 0 Å². The van der Waals surface area contributed by atoms with Gasteiger partial charge in [0.05, 0.1) is 12.7 Å². The minimum atomic E-state index is -0.457. The molecule has 0 aliphatic heterocycles. The summed E-state index contributed by atoms with van der Waals surface area (Å²) in [4.78, 5) is 0. The van der Waals surface area contributed by atoms with Gasteiger partial charge in [-0.05, 0) is 29.8 Å². The van der Waals surface area contributed by atoms with Crippen LogP contribution in [0.1, 0.15) is 11.6 Å². The van der Waals surface area contributed by atoms with E-state index in [4.69, 9.17) is 15.1 Å². The second-order valence-electron chi connectivity index (χ2n) is 4.23. The Hall–Kier alpha value is -2.35. The zero-order chi connectivity index (χ0) is 14.2. The first-order chi connectivity index (χ1) is 9.83. The number of hydrogen-bond donors (Lipinski definition) is 2. The maximum Gasteiger partial charge on any atom is 0.127 e. The molecule has 0 aliphatic carbocycles. The number of ether oxygens (including phenoxy) is 1. The van der Waals surface area contributed by atoms with E-state index in [-0.39, 0.29) is 6.61 Å². The van der Waals surface area contributed by atoms with Crippen LogP contribution in [0.5, 0.6) is 11.5 Å². The Balaban J connectivity index is 2.13. The molecule has 0 saturated carbocycles. The Morgan fingerprint density at radius 3 is 2.55 bits per heavy atom. The Labute approximate surface area is 118 Å². The van der Waals surface area contributed by atoms with Crippen molar-refractivity contribution >= 4 is 0 Å². The van der Waals surface area contributed by atoms with Crippen LogP contribution in [0.4, 0.5) is 0 Å². The highest BCUT2D eigenvalue weighted by Gasteiger charge is 2.10. The summed E-state index contributed by atoms with van der Waals surface area (Å²) in [5.74, 6) is 1.43. The molecule has 20 heavy (non-hydrogen) atoms. The lowest BCUT2D eigenvalue weighted by atomic mass is 10.1. The molecule has 0 bridgehead atoms. The zero-order valence-electron chi connectivity index (χ0n) is 11.0. The van der Waals surface area contributed by atoms with Crippen molar-refractivity contribution in [3.05, 3.63) is 60.2 Å². The van der Waals surface area contributed by atoms with Crippen molar-refractivity contribution in [1.29, 1.82) is 5.26 Å². The second kappa shape index (κ2) is 7.29. The summed E-state index contributed by atoms with van der Waals surface area (Å²) in [5.41, 5.74) is 0.814. The number of para-hydroxylation sites is 1. The van der Waals surface area contributed by atoms with Crippen molar-refractivity contribution in [2.24, 2.45) is 0 Å². The average molecular weight is 268 g/mol. The molecule has 4 heteroatoms. The predicted molar refractivity (Wildman–Crippen MR) is 76.4 cm³/mol. The van der Waals surface area contributed by atoms with E-state index in [0.29, 0.717) is 12.3 Å². The van der Waals surface area contributed by atoms with Crippen LogP contribution < -0.4 is 10.1 Å². The fourth-order valence-electron chi connectivity index (χ4n) is 1.83. The summed E-state index contributed by atoms with van der Waals surface area (Å²) in [6.07, 6.45) is 0. The Kier molecular flexibility index (Phi) is 5.13. The van der Waals surface area contributed by atoms with Crippen molar-refractivity contribution in [3.8, 4) is 17.6 Å². The van der Waals surface area contributed by atoms with Crippen LogP contribution in [0.25, 0.3) is 0 Å². The number of aliphatic hydroxyl groups is 1. The Morgan fingerprint density at radius 2 is 1.85 bits per heavy atom. The van der Waals surface area contributed by atoms with Gasteiger partial charge in [0, 0.05) is 6.54 Å². The lowest BCUT2D eigenvalue weighted by molar-refractivity contribution is 0.289.